The lowest BCUT2D eigenvalue weighted by Crippen LogP contribution is -2.38. The molecular formula is C63H63F4N10O21P3S4. The number of carbonyl (C=O) groups excluding carboxylic acids is 3. The predicted octanol–water partition coefficient (Wildman–Crippen LogP) is 6.48. The van der Waals surface area contributed by atoms with E-state index in [0.717, 1.165) is 65.3 Å². The second-order valence-corrected chi connectivity index (χ2v) is 33.6. The number of carbonyl (C=O) groups is 3. The number of phosphoric acid groups is 3. The molecule has 31 nitrogen and oxygen atoms in total. The number of fused-ring (bicyclic) bond motifs is 3. The molecule has 0 bridgehead atoms. The number of thioether (sulfide) groups is 4. The number of benzene rings is 3. The van der Waals surface area contributed by atoms with Gasteiger partial charge in [0.05, 0.1) is 103 Å². The maximum atomic E-state index is 15.2. The van der Waals surface area contributed by atoms with Gasteiger partial charge >= 0.3 is 46.2 Å². The zero-order valence-electron chi connectivity index (χ0n) is 54.2. The molecule has 7 aliphatic heterocycles. The van der Waals surface area contributed by atoms with Crippen LogP contribution in [0.2, 0.25) is 0 Å². The predicted molar refractivity (Wildman–Crippen MR) is 372 cm³/mol. The van der Waals surface area contributed by atoms with Gasteiger partial charge in [-0.25, -0.2) is 50.4 Å². The first-order valence-electron chi connectivity index (χ1n) is 31.7. The number of Topliss-reactive ketones (excluding diaryl/α,β-unsaturated/α-hetero) is 3. The highest BCUT2D eigenvalue weighted by Crippen LogP contribution is 2.61. The van der Waals surface area contributed by atoms with E-state index in [1.165, 1.54) is 49.1 Å². The monoisotopic (exact) mass is 1590 g/mol. The fourth-order valence-electron chi connectivity index (χ4n) is 11.4. The molecule has 105 heavy (non-hydrogen) atoms. The molecule has 3 unspecified atom stereocenters. The number of hydrogen-bond acceptors (Lipinski definition) is 29. The molecule has 7 saturated heterocycles. The van der Waals surface area contributed by atoms with Crippen LogP contribution in [-0.2, 0) is 64.6 Å². The molecule has 0 spiro atoms. The molecular weight excluding hydrogens is 1530 g/mol. The van der Waals surface area contributed by atoms with Gasteiger partial charge < -0.3 is 25.7 Å². The van der Waals surface area contributed by atoms with Gasteiger partial charge in [0.25, 0.3) is 0 Å². The number of nitrogens with zero attached hydrogens (tertiary/aromatic N) is 9. The van der Waals surface area contributed by atoms with E-state index in [4.69, 9.17) is 43.2 Å². The van der Waals surface area contributed by atoms with Crippen LogP contribution in [0.5, 0.6) is 0 Å². The summed E-state index contributed by atoms with van der Waals surface area (Å²) in [5.74, 6) is -0.488. The highest BCUT2D eigenvalue weighted by molar-refractivity contribution is 8.01. The van der Waals surface area contributed by atoms with Gasteiger partial charge in [-0.3, -0.25) is 64.3 Å². The van der Waals surface area contributed by atoms with Gasteiger partial charge in [0.1, 0.15) is 51.7 Å². The number of aromatic nitrogens is 8. The highest BCUT2D eigenvalue weighted by atomic mass is 32.2. The summed E-state index contributed by atoms with van der Waals surface area (Å²) in [6, 6.07) is 33.7. The van der Waals surface area contributed by atoms with E-state index in [9.17, 15) is 75.3 Å². The number of nitrogens with two attached hydrogens (primary N) is 1. The molecule has 0 saturated carbocycles. The van der Waals surface area contributed by atoms with Crippen molar-refractivity contribution in [2.45, 2.75) is 117 Å². The first kappa shape index (κ1) is 78.9. The van der Waals surface area contributed by atoms with Crippen LogP contribution in [0.25, 0.3) is 0 Å². The van der Waals surface area contributed by atoms with Crippen molar-refractivity contribution in [2.24, 2.45) is 0 Å². The third-order valence-corrected chi connectivity index (χ3v) is 26.2. The Morgan fingerprint density at radius 2 is 0.867 bits per heavy atom. The normalized spacial score (nSPS) is 31.3. The van der Waals surface area contributed by atoms with Crippen molar-refractivity contribution in [2.75, 3.05) is 38.8 Å². The molecule has 0 aliphatic carbocycles. The van der Waals surface area contributed by atoms with Crippen LogP contribution >= 0.6 is 70.5 Å². The molecule has 4 aromatic heterocycles. The Morgan fingerprint density at radius 1 is 0.524 bits per heavy atom. The summed E-state index contributed by atoms with van der Waals surface area (Å²) < 4.78 is 133. The Bertz CT molecular complexity index is 4760. The van der Waals surface area contributed by atoms with Crippen LogP contribution in [0.15, 0.2) is 159 Å². The van der Waals surface area contributed by atoms with Crippen LogP contribution < -0.4 is 28.5 Å². The number of aliphatic hydroxyl groups excluding tert-OH is 2. The molecule has 42 heteroatoms. The van der Waals surface area contributed by atoms with Crippen molar-refractivity contribution in [3.05, 3.63) is 216 Å². The molecule has 3 aromatic carbocycles. The Kier molecular flexibility index (Phi) is 25.8. The van der Waals surface area contributed by atoms with E-state index < -0.39 is 138 Å². The minimum absolute atomic E-state index is 0.0125. The van der Waals surface area contributed by atoms with Gasteiger partial charge in [-0.15, -0.1) is 47.0 Å². The number of nitrogen functional groups attached to an aromatic ring is 1. The standard InChI is InChI=1S/C20H19FN3O6PS.C17H16FN2O6PS.C17H17FN2O4S.C9H11FN3O5PS/c21-17-18-16(12-29-31(27,30-18)28-10-4-8-22)32-19(17)24-9-7-14(23-20(24)26)11-15(25)13-5-2-1-3-6-13;18-14-15-13(9-25-27(23,24)26-15)28-16(14)20-7-6-11(19-17(20)22)8-12(21)10-4-2-1-3-5-10;18-14-15(23)13(9-21)25-16(14)20-7-6-11(19-17(20)24)8-12(22)10-4-2-1-3-5-10;10-6-7-4(3-17-19(15,16)18-7)20-8(6)13-2-1-5(11)12-9(13)14/h1-3,5-7,9,16-19H,4,10-12H2;1-7,13-16H,8-9H2,(H,23,24);1-7,13-16,21,23H,8-9H2;1-2,4,6-8H,3H2,(H,15,16)(H2,11,12,14)/t16-,17+,18-,19-,31?;2*13-,14+,15-,16-;4-,6+,7-,8-/m1111/s1. The molecule has 558 valence electrons. The number of alkyl halides is 4. The number of rotatable bonds is 17. The summed E-state index contributed by atoms with van der Waals surface area (Å²) in [6.07, 6.45) is -6.00. The molecule has 7 aliphatic rings. The number of aliphatic hydroxyl groups is 2. The van der Waals surface area contributed by atoms with Crippen molar-refractivity contribution >= 4 is 93.7 Å². The Labute approximate surface area is 609 Å². The quantitative estimate of drug-likeness (QED) is 0.0282. The van der Waals surface area contributed by atoms with Crippen LogP contribution in [-0.4, -0.2) is 179 Å². The molecule has 19 atom stereocenters. The minimum atomic E-state index is -4.27. The molecule has 11 heterocycles. The lowest BCUT2D eigenvalue weighted by atomic mass is 10.1. The maximum Gasteiger partial charge on any atom is 0.475 e. The first-order valence-corrected chi connectivity index (χ1v) is 39.9. The molecule has 7 fully saturated rings. The van der Waals surface area contributed by atoms with E-state index >= 15 is 4.39 Å². The number of nitriles is 1. The van der Waals surface area contributed by atoms with Crippen molar-refractivity contribution in [1.29, 1.82) is 5.26 Å². The van der Waals surface area contributed by atoms with Gasteiger partial charge in [0.15, 0.2) is 42.0 Å². The molecule has 6 N–H and O–H groups in total. The van der Waals surface area contributed by atoms with Crippen LogP contribution in [0.4, 0.5) is 23.4 Å². The van der Waals surface area contributed by atoms with E-state index in [2.05, 4.69) is 24.5 Å². The van der Waals surface area contributed by atoms with Gasteiger partial charge in [0, 0.05) is 41.5 Å². The maximum absolute atomic E-state index is 15.2. The smallest absolute Gasteiger partial charge is 0.395 e. The summed E-state index contributed by atoms with van der Waals surface area (Å²) in [7, 11) is -12.5. The van der Waals surface area contributed by atoms with Gasteiger partial charge in [-0.05, 0) is 24.3 Å². The summed E-state index contributed by atoms with van der Waals surface area (Å²) in [6.45, 7) is -0.884. The zero-order valence-corrected chi connectivity index (χ0v) is 60.1. The molecule has 7 aromatic rings. The Morgan fingerprint density at radius 3 is 1.21 bits per heavy atom. The molecule has 14 rings (SSSR count). The number of hydrogen-bond donors (Lipinski definition) is 5. The van der Waals surface area contributed by atoms with E-state index in [-0.39, 0.29) is 93.3 Å². The first-order chi connectivity index (χ1) is 50.1. The van der Waals surface area contributed by atoms with Crippen LogP contribution in [0.3, 0.4) is 0 Å². The number of ketones is 3. The second kappa shape index (κ2) is 34.4. The summed E-state index contributed by atoms with van der Waals surface area (Å²) >= 11 is 4.30. The van der Waals surface area contributed by atoms with Gasteiger partial charge in [-0.1, -0.05) is 91.0 Å². The summed E-state index contributed by atoms with van der Waals surface area (Å²) in [5, 5.41) is 21.5. The summed E-state index contributed by atoms with van der Waals surface area (Å²) in [5.41, 5.74) is 5.01. The lowest BCUT2D eigenvalue weighted by Gasteiger charge is -2.30. The minimum Gasteiger partial charge on any atom is -0.395 e. The van der Waals surface area contributed by atoms with E-state index in [1.54, 1.807) is 91.0 Å². The van der Waals surface area contributed by atoms with Crippen LogP contribution in [0, 0.1) is 11.3 Å². The van der Waals surface area contributed by atoms with Crippen molar-refractivity contribution in [3.8, 4) is 6.07 Å². The average Bonchev–Trinajstić information content (AvgIpc) is 1.63. The van der Waals surface area contributed by atoms with Gasteiger partial charge in [-0.2, -0.15) is 25.2 Å². The third-order valence-electron chi connectivity index (χ3n) is 16.6. The number of anilines is 1. The topological polar surface area (TPSA) is 437 Å². The number of phosphoric ester groups is 3. The van der Waals surface area contributed by atoms with Crippen molar-refractivity contribution < 1.29 is 97.3 Å². The molecule has 0 radical (unpaired) electrons. The van der Waals surface area contributed by atoms with Crippen molar-refractivity contribution in [1.82, 2.24) is 38.2 Å². The van der Waals surface area contributed by atoms with E-state index in [1.807, 2.05) is 6.07 Å². The Balaban J connectivity index is 0.000000142. The van der Waals surface area contributed by atoms with Gasteiger partial charge in [0.2, 0.25) is 0 Å². The van der Waals surface area contributed by atoms with Crippen molar-refractivity contribution in [3.63, 3.8) is 0 Å². The fraction of sp³-hybridized carbons (Fsp3) is 0.397. The zero-order chi connectivity index (χ0) is 75.1. The Hall–Kier alpha value is -7.15. The van der Waals surface area contributed by atoms with Crippen LogP contribution in [0.1, 0.15) is 76.1 Å². The largest absolute Gasteiger partial charge is 0.475 e. The van der Waals surface area contributed by atoms with E-state index in [0.29, 0.717) is 22.4 Å². The lowest BCUT2D eigenvalue weighted by molar-refractivity contribution is 0.00116. The highest BCUT2D eigenvalue weighted by Gasteiger charge is 2.56. The SMILES string of the molecule is N#CCCOP1(=O)OC[C@H]2S[C@@H](n3ccc(CC(=O)c4ccccc4)nc3=O)[C@@H](F)[C@@H]2O1.Nc1ccn([C@@H]2S[C@@H]3COP(=O)(O)O[C@H]3[C@@H]2F)c(=O)n1.O=C(Cc1ccn([C@@H]2S[C@@H]3COP(=O)(O)O[C@H]3[C@@H]2F)c(=O)n1)c1ccccc1.O=C(Cc1ccn([C@@H]2S[C@H](CO)[C@@H](O)[C@@H]2F)c(=O)n1)c1ccccc1. The second-order valence-electron chi connectivity index (χ2n) is 23.7. The average molecular weight is 1590 g/mol. The third kappa shape index (κ3) is 19.1. The molecule has 0 amide bonds. The fourth-order valence-corrected chi connectivity index (χ4v) is 21.1. The summed E-state index contributed by atoms with van der Waals surface area (Å²) in [4.78, 5) is 120. The number of halogens is 4.